The van der Waals surface area contributed by atoms with Crippen molar-refractivity contribution in [3.63, 3.8) is 0 Å². The van der Waals surface area contributed by atoms with Crippen LogP contribution in [-0.4, -0.2) is 25.5 Å². The Balaban J connectivity index is 2.11. The van der Waals surface area contributed by atoms with Crippen molar-refractivity contribution in [1.29, 1.82) is 0 Å². The average molecular weight is 255 g/mol. The van der Waals surface area contributed by atoms with Crippen LogP contribution in [-0.2, 0) is 10.0 Å². The van der Waals surface area contributed by atoms with Gasteiger partial charge < -0.3 is 5.32 Å². The standard InChI is InChI=1S/C11H17N3O2S/c1-8(2)13-11-6-5-10(7-12-11)17(15,16)14-9-3-4-9/h5-9,14H,3-4H2,1-2H3,(H,12,13). The topological polar surface area (TPSA) is 71.1 Å². The number of anilines is 1. The van der Waals surface area contributed by atoms with Crippen LogP contribution in [0.25, 0.3) is 0 Å². The summed E-state index contributed by atoms with van der Waals surface area (Å²) in [6.07, 6.45) is 3.24. The summed E-state index contributed by atoms with van der Waals surface area (Å²) in [5.41, 5.74) is 0. The highest BCUT2D eigenvalue weighted by molar-refractivity contribution is 7.89. The lowest BCUT2D eigenvalue weighted by Gasteiger charge is -2.09. The number of pyridine rings is 1. The van der Waals surface area contributed by atoms with E-state index in [1.807, 2.05) is 13.8 Å². The number of sulfonamides is 1. The Morgan fingerprint density at radius 2 is 2.06 bits per heavy atom. The second-order valence-corrected chi connectivity index (χ2v) is 6.29. The number of hydrogen-bond donors (Lipinski definition) is 2. The highest BCUT2D eigenvalue weighted by Crippen LogP contribution is 2.22. The third kappa shape index (κ3) is 3.41. The zero-order valence-corrected chi connectivity index (χ0v) is 10.8. The van der Waals surface area contributed by atoms with Crippen LogP contribution in [0.3, 0.4) is 0 Å². The van der Waals surface area contributed by atoms with E-state index in [1.54, 1.807) is 12.1 Å². The van der Waals surface area contributed by atoms with Crippen LogP contribution in [0.4, 0.5) is 5.82 Å². The van der Waals surface area contributed by atoms with Gasteiger partial charge in [0.2, 0.25) is 10.0 Å². The molecule has 1 aromatic rings. The smallest absolute Gasteiger partial charge is 0.242 e. The quantitative estimate of drug-likeness (QED) is 0.833. The van der Waals surface area contributed by atoms with Gasteiger partial charge >= 0.3 is 0 Å². The summed E-state index contributed by atoms with van der Waals surface area (Å²) in [5.74, 6) is 0.686. The van der Waals surface area contributed by atoms with Crippen LogP contribution in [0.2, 0.25) is 0 Å². The predicted molar refractivity (Wildman–Crippen MR) is 66.3 cm³/mol. The number of hydrogen-bond acceptors (Lipinski definition) is 4. The number of aromatic nitrogens is 1. The molecule has 0 spiro atoms. The van der Waals surface area contributed by atoms with E-state index < -0.39 is 10.0 Å². The second-order valence-electron chi connectivity index (χ2n) is 4.57. The maximum Gasteiger partial charge on any atom is 0.242 e. The number of nitrogens with one attached hydrogen (secondary N) is 2. The Hall–Kier alpha value is -1.14. The van der Waals surface area contributed by atoms with Crippen molar-refractivity contribution in [3.05, 3.63) is 18.3 Å². The zero-order chi connectivity index (χ0) is 12.5. The third-order valence-corrected chi connectivity index (χ3v) is 3.89. The lowest BCUT2D eigenvalue weighted by molar-refractivity contribution is 0.580. The summed E-state index contributed by atoms with van der Waals surface area (Å²) >= 11 is 0. The normalized spacial score (nSPS) is 16.2. The molecule has 94 valence electrons. The van der Waals surface area contributed by atoms with Gasteiger partial charge in [0.1, 0.15) is 10.7 Å². The van der Waals surface area contributed by atoms with Gasteiger partial charge in [-0.1, -0.05) is 0 Å². The fourth-order valence-corrected chi connectivity index (χ4v) is 2.66. The first-order valence-corrected chi connectivity index (χ1v) is 7.20. The minimum Gasteiger partial charge on any atom is -0.368 e. The molecule has 1 fully saturated rings. The monoisotopic (exact) mass is 255 g/mol. The van der Waals surface area contributed by atoms with Gasteiger partial charge in [0.25, 0.3) is 0 Å². The van der Waals surface area contributed by atoms with Gasteiger partial charge in [0, 0.05) is 18.3 Å². The maximum atomic E-state index is 11.8. The molecule has 2 rings (SSSR count). The SMILES string of the molecule is CC(C)Nc1ccc(S(=O)(=O)NC2CC2)cn1. The first-order chi connectivity index (χ1) is 7.97. The largest absolute Gasteiger partial charge is 0.368 e. The molecule has 1 aliphatic carbocycles. The van der Waals surface area contributed by atoms with Gasteiger partial charge in [0.05, 0.1) is 0 Å². The second kappa shape index (κ2) is 4.62. The van der Waals surface area contributed by atoms with Gasteiger partial charge in [0.15, 0.2) is 0 Å². The molecule has 0 amide bonds. The predicted octanol–water partition coefficient (Wildman–Crippen LogP) is 1.34. The third-order valence-electron chi connectivity index (χ3n) is 2.38. The molecule has 17 heavy (non-hydrogen) atoms. The number of nitrogens with zero attached hydrogens (tertiary/aromatic N) is 1. The van der Waals surface area contributed by atoms with Gasteiger partial charge in [-0.25, -0.2) is 18.1 Å². The van der Waals surface area contributed by atoms with Gasteiger partial charge in [-0.2, -0.15) is 0 Å². The van der Waals surface area contributed by atoms with E-state index in [2.05, 4.69) is 15.0 Å². The maximum absolute atomic E-state index is 11.8. The van der Waals surface area contributed by atoms with Crippen molar-refractivity contribution in [2.45, 2.75) is 43.7 Å². The van der Waals surface area contributed by atoms with Crippen LogP contribution in [0.5, 0.6) is 0 Å². The van der Waals surface area contributed by atoms with Crippen LogP contribution < -0.4 is 10.0 Å². The molecular formula is C11H17N3O2S. The number of rotatable bonds is 5. The minimum absolute atomic E-state index is 0.119. The first-order valence-electron chi connectivity index (χ1n) is 5.72. The summed E-state index contributed by atoms with van der Waals surface area (Å²) in [6.45, 7) is 4.00. The molecule has 0 bridgehead atoms. The molecule has 1 heterocycles. The highest BCUT2D eigenvalue weighted by Gasteiger charge is 2.28. The fourth-order valence-electron chi connectivity index (χ4n) is 1.41. The first kappa shape index (κ1) is 12.3. The van der Waals surface area contributed by atoms with Crippen molar-refractivity contribution in [2.24, 2.45) is 0 Å². The molecular weight excluding hydrogens is 238 g/mol. The molecule has 0 atom stereocenters. The fraction of sp³-hybridized carbons (Fsp3) is 0.545. The molecule has 0 aliphatic heterocycles. The summed E-state index contributed by atoms with van der Waals surface area (Å²) in [4.78, 5) is 4.30. The van der Waals surface area contributed by atoms with Crippen molar-refractivity contribution < 1.29 is 8.42 Å². The molecule has 5 nitrogen and oxygen atoms in total. The summed E-state index contributed by atoms with van der Waals surface area (Å²) < 4.78 is 26.3. The van der Waals surface area contributed by atoms with E-state index in [0.29, 0.717) is 5.82 Å². The van der Waals surface area contributed by atoms with Crippen LogP contribution in [0.15, 0.2) is 23.2 Å². The summed E-state index contributed by atoms with van der Waals surface area (Å²) in [6, 6.07) is 3.65. The minimum atomic E-state index is -3.38. The van der Waals surface area contributed by atoms with E-state index >= 15 is 0 Å². The van der Waals surface area contributed by atoms with E-state index in [1.165, 1.54) is 6.20 Å². The molecule has 0 saturated heterocycles. The van der Waals surface area contributed by atoms with Gasteiger partial charge in [-0.15, -0.1) is 0 Å². The van der Waals surface area contributed by atoms with Gasteiger partial charge in [-0.05, 0) is 38.8 Å². The molecule has 2 N–H and O–H groups in total. The van der Waals surface area contributed by atoms with Crippen molar-refractivity contribution >= 4 is 15.8 Å². The molecule has 0 radical (unpaired) electrons. The van der Waals surface area contributed by atoms with E-state index in [9.17, 15) is 8.42 Å². The van der Waals surface area contributed by atoms with Crippen molar-refractivity contribution in [3.8, 4) is 0 Å². The Labute approximate surface area is 102 Å². The van der Waals surface area contributed by atoms with Crippen LogP contribution >= 0.6 is 0 Å². The lowest BCUT2D eigenvalue weighted by atomic mass is 10.4. The molecule has 1 saturated carbocycles. The van der Waals surface area contributed by atoms with E-state index in [4.69, 9.17) is 0 Å². The Morgan fingerprint density at radius 1 is 1.35 bits per heavy atom. The van der Waals surface area contributed by atoms with E-state index in [-0.39, 0.29) is 17.0 Å². The molecule has 0 unspecified atom stereocenters. The van der Waals surface area contributed by atoms with Crippen molar-refractivity contribution in [2.75, 3.05) is 5.32 Å². The molecule has 1 aliphatic rings. The Morgan fingerprint density at radius 3 is 2.53 bits per heavy atom. The van der Waals surface area contributed by atoms with Crippen molar-refractivity contribution in [1.82, 2.24) is 9.71 Å². The summed E-state index contributed by atoms with van der Waals surface area (Å²) in [7, 11) is -3.38. The van der Waals surface area contributed by atoms with Gasteiger partial charge in [-0.3, -0.25) is 0 Å². The van der Waals surface area contributed by atoms with Crippen LogP contribution in [0.1, 0.15) is 26.7 Å². The molecule has 6 heteroatoms. The summed E-state index contributed by atoms with van der Waals surface area (Å²) in [5, 5.41) is 3.11. The molecule has 1 aromatic heterocycles. The van der Waals surface area contributed by atoms with E-state index in [0.717, 1.165) is 12.8 Å². The zero-order valence-electron chi connectivity index (χ0n) is 9.97. The Bertz CT molecular complexity index is 478. The molecule has 0 aromatic carbocycles. The average Bonchev–Trinajstić information content (AvgIpc) is 3.01. The highest BCUT2D eigenvalue weighted by atomic mass is 32.2. The Kier molecular flexibility index (Phi) is 3.35. The lowest BCUT2D eigenvalue weighted by Crippen LogP contribution is -2.25. The van der Waals surface area contributed by atoms with Crippen LogP contribution in [0, 0.1) is 0 Å².